The van der Waals surface area contributed by atoms with Crippen LogP contribution >= 0.6 is 11.6 Å². The van der Waals surface area contributed by atoms with Gasteiger partial charge in [0.15, 0.2) is 0 Å². The summed E-state index contributed by atoms with van der Waals surface area (Å²) in [5.41, 5.74) is 1.94. The average molecular weight is 331 g/mol. The molecule has 0 bridgehead atoms. The van der Waals surface area contributed by atoms with E-state index < -0.39 is 0 Å². The Labute approximate surface area is 143 Å². The average Bonchev–Trinajstić information content (AvgIpc) is 2.63. The number of fused-ring (bicyclic) bond motifs is 3. The Balaban J connectivity index is 2.03. The van der Waals surface area contributed by atoms with Gasteiger partial charge in [0.05, 0.1) is 21.8 Å². The second kappa shape index (κ2) is 5.80. The molecule has 0 aliphatic carbocycles. The quantitative estimate of drug-likeness (QED) is 0.522. The predicted molar refractivity (Wildman–Crippen MR) is 96.5 cm³/mol. The Hall–Kier alpha value is -3.16. The minimum atomic E-state index is 0.528. The Morgan fingerprint density at radius 2 is 1.83 bits per heavy atom. The molecule has 4 rings (SSSR count). The molecule has 2 heterocycles. The van der Waals surface area contributed by atoms with Crippen molar-refractivity contribution in [3.8, 4) is 6.07 Å². The van der Waals surface area contributed by atoms with E-state index in [9.17, 15) is 5.26 Å². The molecule has 0 spiro atoms. The van der Waals surface area contributed by atoms with Gasteiger partial charge in [-0.05, 0) is 24.3 Å². The van der Waals surface area contributed by atoms with Crippen molar-refractivity contribution >= 4 is 44.8 Å². The van der Waals surface area contributed by atoms with E-state index in [1.54, 1.807) is 18.5 Å². The minimum absolute atomic E-state index is 0.528. The number of anilines is 2. The summed E-state index contributed by atoms with van der Waals surface area (Å²) < 4.78 is 0. The van der Waals surface area contributed by atoms with Crippen molar-refractivity contribution in [3.63, 3.8) is 0 Å². The van der Waals surface area contributed by atoms with Crippen LogP contribution in [0, 0.1) is 11.3 Å². The summed E-state index contributed by atoms with van der Waals surface area (Å²) in [6.45, 7) is 0. The number of hydrogen-bond acceptors (Lipinski definition) is 4. The molecule has 0 saturated heterocycles. The normalized spacial score (nSPS) is 10.7. The molecule has 2 aromatic heterocycles. The SMILES string of the molecule is N#Cc1cccc2c1nc(Nc1ccccc1Cl)c1ccncc12. The molecule has 0 radical (unpaired) electrons. The highest BCUT2D eigenvalue weighted by molar-refractivity contribution is 6.33. The zero-order chi connectivity index (χ0) is 16.5. The third-order valence-electron chi connectivity index (χ3n) is 3.87. The molecule has 2 aromatic carbocycles. The molecule has 5 heteroatoms. The Morgan fingerprint density at radius 3 is 2.67 bits per heavy atom. The van der Waals surface area contributed by atoms with E-state index >= 15 is 0 Å². The van der Waals surface area contributed by atoms with Crippen molar-refractivity contribution in [3.05, 3.63) is 71.5 Å². The zero-order valence-electron chi connectivity index (χ0n) is 12.5. The standard InChI is InChI=1S/C19H11ClN4/c20-16-6-1-2-7-17(16)23-19-14-8-9-22-11-15(14)13-5-3-4-12(10-21)18(13)24-19/h1-9,11H,(H,23,24). The van der Waals surface area contributed by atoms with Crippen LogP contribution in [0.15, 0.2) is 60.9 Å². The third-order valence-corrected chi connectivity index (χ3v) is 4.20. The van der Waals surface area contributed by atoms with Gasteiger partial charge in [0.2, 0.25) is 0 Å². The number of halogens is 1. The van der Waals surface area contributed by atoms with Crippen molar-refractivity contribution in [1.82, 2.24) is 9.97 Å². The molecular weight excluding hydrogens is 320 g/mol. The zero-order valence-corrected chi connectivity index (χ0v) is 13.2. The number of nitrogens with one attached hydrogen (secondary N) is 1. The van der Waals surface area contributed by atoms with Gasteiger partial charge in [-0.2, -0.15) is 5.26 Å². The Morgan fingerprint density at radius 1 is 0.958 bits per heavy atom. The summed E-state index contributed by atoms with van der Waals surface area (Å²) in [6.07, 6.45) is 3.51. The van der Waals surface area contributed by atoms with E-state index in [4.69, 9.17) is 16.6 Å². The van der Waals surface area contributed by atoms with E-state index in [0.717, 1.165) is 21.8 Å². The van der Waals surface area contributed by atoms with Crippen molar-refractivity contribution in [2.45, 2.75) is 0 Å². The monoisotopic (exact) mass is 330 g/mol. The van der Waals surface area contributed by atoms with E-state index in [1.807, 2.05) is 42.5 Å². The van der Waals surface area contributed by atoms with Crippen molar-refractivity contribution in [1.29, 1.82) is 5.26 Å². The number of hydrogen-bond donors (Lipinski definition) is 1. The third kappa shape index (κ3) is 2.32. The predicted octanol–water partition coefficient (Wildman–Crippen LogP) is 5.05. The molecular formula is C19H11ClN4. The van der Waals surface area contributed by atoms with Gasteiger partial charge >= 0.3 is 0 Å². The lowest BCUT2D eigenvalue weighted by atomic mass is 10.0. The molecule has 1 N–H and O–H groups in total. The molecule has 24 heavy (non-hydrogen) atoms. The highest BCUT2D eigenvalue weighted by Crippen LogP contribution is 2.33. The molecule has 0 fully saturated rings. The molecule has 114 valence electrons. The lowest BCUT2D eigenvalue weighted by Gasteiger charge is -2.12. The number of nitrogens with zero attached hydrogens (tertiary/aromatic N) is 3. The second-order valence-electron chi connectivity index (χ2n) is 5.30. The van der Waals surface area contributed by atoms with Crippen LogP contribution in [0.25, 0.3) is 21.7 Å². The molecule has 0 unspecified atom stereocenters. The van der Waals surface area contributed by atoms with Gasteiger partial charge in [0, 0.05) is 28.6 Å². The molecule has 4 nitrogen and oxygen atoms in total. The summed E-state index contributed by atoms with van der Waals surface area (Å²) in [6, 6.07) is 17.1. The lowest BCUT2D eigenvalue weighted by Crippen LogP contribution is -1.98. The van der Waals surface area contributed by atoms with Gasteiger partial charge in [0.25, 0.3) is 0 Å². The molecule has 0 aliphatic rings. The van der Waals surface area contributed by atoms with Gasteiger partial charge < -0.3 is 5.32 Å². The van der Waals surface area contributed by atoms with Crippen molar-refractivity contribution in [2.75, 3.05) is 5.32 Å². The number of rotatable bonds is 2. The summed E-state index contributed by atoms with van der Waals surface area (Å²) in [7, 11) is 0. The summed E-state index contributed by atoms with van der Waals surface area (Å²) >= 11 is 6.25. The smallest absolute Gasteiger partial charge is 0.139 e. The Bertz CT molecular complexity index is 1120. The Kier molecular flexibility index (Phi) is 3.49. The first kappa shape index (κ1) is 14.4. The van der Waals surface area contributed by atoms with Gasteiger partial charge in [-0.1, -0.05) is 35.9 Å². The maximum Gasteiger partial charge on any atom is 0.139 e. The molecule has 0 atom stereocenters. The van der Waals surface area contributed by atoms with Crippen LogP contribution in [0.2, 0.25) is 5.02 Å². The summed E-state index contributed by atoms with van der Waals surface area (Å²) in [4.78, 5) is 8.91. The fourth-order valence-corrected chi connectivity index (χ4v) is 2.93. The number of nitriles is 1. The van der Waals surface area contributed by atoms with Crippen LogP contribution in [0.4, 0.5) is 11.5 Å². The summed E-state index contributed by atoms with van der Waals surface area (Å²) in [5, 5.41) is 16.0. The van der Waals surface area contributed by atoms with Gasteiger partial charge in [-0.15, -0.1) is 0 Å². The van der Waals surface area contributed by atoms with Gasteiger partial charge in [-0.3, -0.25) is 4.98 Å². The minimum Gasteiger partial charge on any atom is -0.338 e. The fourth-order valence-electron chi connectivity index (χ4n) is 2.74. The summed E-state index contributed by atoms with van der Waals surface area (Å²) in [5.74, 6) is 0.649. The first-order chi connectivity index (χ1) is 11.8. The van der Waals surface area contributed by atoms with Crippen LogP contribution in [-0.4, -0.2) is 9.97 Å². The number of pyridine rings is 2. The highest BCUT2D eigenvalue weighted by Gasteiger charge is 2.12. The van der Waals surface area contributed by atoms with Crippen molar-refractivity contribution < 1.29 is 0 Å². The van der Waals surface area contributed by atoms with Gasteiger partial charge in [-0.25, -0.2) is 4.98 Å². The van der Waals surface area contributed by atoms with Crippen LogP contribution in [0.1, 0.15) is 5.56 Å². The maximum absolute atomic E-state index is 9.39. The molecule has 0 saturated carbocycles. The first-order valence-corrected chi connectivity index (χ1v) is 7.74. The highest BCUT2D eigenvalue weighted by atomic mass is 35.5. The topological polar surface area (TPSA) is 61.6 Å². The maximum atomic E-state index is 9.39. The molecule has 4 aromatic rings. The van der Waals surface area contributed by atoms with E-state index in [0.29, 0.717) is 21.9 Å². The number of benzene rings is 2. The first-order valence-electron chi connectivity index (χ1n) is 7.36. The van der Waals surface area contributed by atoms with E-state index in [2.05, 4.69) is 16.4 Å². The lowest BCUT2D eigenvalue weighted by molar-refractivity contribution is 1.34. The number of aromatic nitrogens is 2. The second-order valence-corrected chi connectivity index (χ2v) is 5.71. The van der Waals surface area contributed by atoms with E-state index in [1.165, 1.54) is 0 Å². The van der Waals surface area contributed by atoms with Gasteiger partial charge in [0.1, 0.15) is 11.9 Å². The fraction of sp³-hybridized carbons (Fsp3) is 0. The van der Waals surface area contributed by atoms with E-state index in [-0.39, 0.29) is 0 Å². The molecule has 0 aliphatic heterocycles. The van der Waals surface area contributed by atoms with Crippen LogP contribution in [0.5, 0.6) is 0 Å². The number of para-hydroxylation sites is 2. The molecule has 0 amide bonds. The van der Waals surface area contributed by atoms with Crippen molar-refractivity contribution in [2.24, 2.45) is 0 Å². The van der Waals surface area contributed by atoms with Crippen LogP contribution in [0.3, 0.4) is 0 Å². The van der Waals surface area contributed by atoms with Crippen LogP contribution < -0.4 is 5.32 Å². The van der Waals surface area contributed by atoms with Crippen LogP contribution in [-0.2, 0) is 0 Å². The largest absolute Gasteiger partial charge is 0.338 e.